The maximum Gasteiger partial charge on any atom is 0.338 e. The van der Waals surface area contributed by atoms with Crippen LogP contribution >= 0.6 is 11.3 Å². The molecule has 2 aromatic rings. The van der Waals surface area contributed by atoms with Crippen LogP contribution < -0.4 is 5.32 Å². The van der Waals surface area contributed by atoms with Crippen LogP contribution in [0.4, 0.5) is 4.39 Å². The van der Waals surface area contributed by atoms with E-state index in [0.29, 0.717) is 40.8 Å². The van der Waals surface area contributed by atoms with E-state index < -0.39 is 41.4 Å². The van der Waals surface area contributed by atoms with Crippen molar-refractivity contribution < 1.29 is 33.4 Å². The Balaban J connectivity index is 1.53. The van der Waals surface area contributed by atoms with Crippen LogP contribution in [0.1, 0.15) is 36.0 Å². The Morgan fingerprint density at radius 1 is 1.34 bits per heavy atom. The topological polar surface area (TPSA) is 134 Å². The van der Waals surface area contributed by atoms with Gasteiger partial charge in [-0.3, -0.25) is 19.5 Å². The van der Waals surface area contributed by atoms with Crippen molar-refractivity contribution in [2.75, 3.05) is 39.9 Å². The minimum Gasteiger partial charge on any atom is -0.481 e. The normalized spacial score (nSPS) is 23.2. The molecule has 0 saturated carbocycles. The number of carbonyl (C=O) groups is 3. The molecule has 41 heavy (non-hydrogen) atoms. The number of aromatic nitrogens is 1. The van der Waals surface area contributed by atoms with Gasteiger partial charge in [0.1, 0.15) is 17.9 Å². The summed E-state index contributed by atoms with van der Waals surface area (Å²) >= 11 is 1.36. The van der Waals surface area contributed by atoms with E-state index in [2.05, 4.69) is 10.3 Å². The average molecular weight is 586 g/mol. The molecular formula is C28H32FN5O6S. The summed E-state index contributed by atoms with van der Waals surface area (Å²) in [4.78, 5) is 51.2. The van der Waals surface area contributed by atoms with Crippen LogP contribution in [0.15, 0.2) is 46.0 Å². The Morgan fingerprint density at radius 2 is 2.12 bits per heavy atom. The van der Waals surface area contributed by atoms with E-state index in [1.54, 1.807) is 44.5 Å². The third-order valence-corrected chi connectivity index (χ3v) is 8.50. The van der Waals surface area contributed by atoms with Crippen molar-refractivity contribution in [3.63, 3.8) is 0 Å². The van der Waals surface area contributed by atoms with Crippen LogP contribution in [-0.2, 0) is 23.9 Å². The van der Waals surface area contributed by atoms with Crippen molar-refractivity contribution in [1.82, 2.24) is 20.1 Å². The number of amides is 1. The maximum absolute atomic E-state index is 14.7. The van der Waals surface area contributed by atoms with Gasteiger partial charge in [-0.1, -0.05) is 12.1 Å². The van der Waals surface area contributed by atoms with E-state index in [-0.39, 0.29) is 31.1 Å². The van der Waals surface area contributed by atoms with E-state index >= 15 is 0 Å². The molecule has 3 aliphatic heterocycles. The minimum atomic E-state index is -1.13. The Kier molecular flexibility index (Phi) is 7.95. The van der Waals surface area contributed by atoms with E-state index in [1.165, 1.54) is 29.4 Å². The van der Waals surface area contributed by atoms with Gasteiger partial charge in [-0.05, 0) is 38.0 Å². The van der Waals surface area contributed by atoms with Crippen LogP contribution in [0.25, 0.3) is 0 Å². The Bertz CT molecular complexity index is 1420. The summed E-state index contributed by atoms with van der Waals surface area (Å²) in [5.74, 6) is -1.86. The number of morpholine rings is 1. The fraction of sp³-hybridized carbons (Fsp3) is 0.464. The number of methoxy groups -OCH3 is 1. The number of fused-ring (bicyclic) bond motifs is 1. The maximum atomic E-state index is 14.7. The van der Waals surface area contributed by atoms with Crippen LogP contribution in [0, 0.1) is 18.2 Å². The molecule has 11 nitrogen and oxygen atoms in total. The third-order valence-electron chi connectivity index (χ3n) is 7.72. The molecule has 13 heteroatoms. The number of aliphatic carboxylic acids is 1. The molecule has 0 bridgehead atoms. The molecule has 0 aliphatic carbocycles. The zero-order chi connectivity index (χ0) is 29.5. The largest absolute Gasteiger partial charge is 0.481 e. The molecule has 2 saturated heterocycles. The summed E-state index contributed by atoms with van der Waals surface area (Å²) in [5, 5.41) is 15.3. The van der Waals surface area contributed by atoms with Gasteiger partial charge in [0, 0.05) is 43.5 Å². The third kappa shape index (κ3) is 5.48. The fourth-order valence-electron chi connectivity index (χ4n) is 5.48. The lowest BCUT2D eigenvalue weighted by Crippen LogP contribution is -2.54. The van der Waals surface area contributed by atoms with E-state index in [9.17, 15) is 23.9 Å². The van der Waals surface area contributed by atoms with Crippen LogP contribution in [0.3, 0.4) is 0 Å². The number of nitrogens with zero attached hydrogens (tertiary/aromatic N) is 4. The number of nitrogens with one attached hydrogen (secondary N) is 1. The molecular weight excluding hydrogens is 553 g/mol. The molecule has 218 valence electrons. The first kappa shape index (κ1) is 28.8. The highest BCUT2D eigenvalue weighted by atomic mass is 32.1. The number of carboxylic acid groups (broad SMARTS) is 1. The summed E-state index contributed by atoms with van der Waals surface area (Å²) in [6.07, 6.45) is 1.18. The number of esters is 1. The lowest BCUT2D eigenvalue weighted by atomic mass is 9.92. The first-order valence-electron chi connectivity index (χ1n) is 13.2. The van der Waals surface area contributed by atoms with Crippen LogP contribution in [0.2, 0.25) is 0 Å². The molecule has 3 aliphatic rings. The number of benzene rings is 1. The van der Waals surface area contributed by atoms with E-state index in [4.69, 9.17) is 14.5 Å². The molecule has 1 aromatic heterocycles. The average Bonchev–Trinajstić information content (AvgIpc) is 3.58. The number of hydrogen-bond donors (Lipinski definition) is 2. The van der Waals surface area contributed by atoms with Gasteiger partial charge >= 0.3 is 11.9 Å². The molecule has 1 amide bonds. The monoisotopic (exact) mass is 585 g/mol. The highest BCUT2D eigenvalue weighted by Crippen LogP contribution is 2.36. The van der Waals surface area contributed by atoms with Crippen molar-refractivity contribution in [3.8, 4) is 0 Å². The first-order chi connectivity index (χ1) is 19.5. The van der Waals surface area contributed by atoms with Gasteiger partial charge in [-0.2, -0.15) is 0 Å². The number of ether oxygens (including phenoxy) is 2. The van der Waals surface area contributed by atoms with Crippen LogP contribution in [0.5, 0.6) is 0 Å². The number of carboxylic acids is 1. The number of aliphatic imine (C=N–C) groups is 1. The van der Waals surface area contributed by atoms with Crippen molar-refractivity contribution >= 4 is 35.0 Å². The second-order valence-corrected chi connectivity index (χ2v) is 11.8. The smallest absolute Gasteiger partial charge is 0.338 e. The van der Waals surface area contributed by atoms with Gasteiger partial charge < -0.3 is 24.8 Å². The molecule has 0 radical (unpaired) electrons. The predicted octanol–water partition coefficient (Wildman–Crippen LogP) is 2.13. The van der Waals surface area contributed by atoms with Crippen molar-refractivity contribution in [2.24, 2.45) is 10.4 Å². The van der Waals surface area contributed by atoms with E-state index in [1.807, 2.05) is 4.90 Å². The number of thiazole rings is 1. The fourth-order valence-corrected chi connectivity index (χ4v) is 6.07. The number of hydrogen-bond acceptors (Lipinski definition) is 10. The van der Waals surface area contributed by atoms with Crippen molar-refractivity contribution in [3.05, 3.63) is 63.0 Å². The SMILES string of the molecule is COC(=O)C1=C(CN2CCO[C@H]3CN(CC(C)(C)C(=O)O)C(=O)[C@H]32)NC(c2nccs2)=N[C@H]1c1cccc(F)c1C. The highest BCUT2D eigenvalue weighted by Gasteiger charge is 2.49. The van der Waals surface area contributed by atoms with E-state index in [0.717, 1.165) is 0 Å². The highest BCUT2D eigenvalue weighted by molar-refractivity contribution is 7.11. The second-order valence-electron chi connectivity index (χ2n) is 10.9. The quantitative estimate of drug-likeness (QED) is 0.447. The molecule has 4 heterocycles. The standard InChI is InChI=1S/C28H32FN5O6S/c1-15-16(6-5-7-17(15)29)21-20(26(36)39-4)18(31-23(32-21)24-30-8-11-41-24)12-33-9-10-40-19-13-34(25(35)22(19)33)14-28(2,3)27(37)38/h5-8,11,19,21-22H,9-10,12-14H2,1-4H3,(H,31,32)(H,37,38)/t19-,21-,22-/m0/s1. The van der Waals surface area contributed by atoms with Crippen molar-refractivity contribution in [2.45, 2.75) is 39.0 Å². The van der Waals surface area contributed by atoms with Crippen LogP contribution in [-0.4, -0.2) is 95.6 Å². The van der Waals surface area contributed by atoms with Gasteiger partial charge in [0.2, 0.25) is 5.91 Å². The summed E-state index contributed by atoms with van der Waals surface area (Å²) < 4.78 is 25.8. The zero-order valence-electron chi connectivity index (χ0n) is 23.2. The molecule has 1 aromatic carbocycles. The van der Waals surface area contributed by atoms with Gasteiger partial charge in [0.05, 0.1) is 30.8 Å². The Hall–Kier alpha value is -3.68. The lowest BCUT2D eigenvalue weighted by molar-refractivity contribution is -0.149. The molecule has 0 spiro atoms. The lowest BCUT2D eigenvalue weighted by Gasteiger charge is -2.37. The number of amidine groups is 1. The Labute approximate surface area is 240 Å². The summed E-state index contributed by atoms with van der Waals surface area (Å²) in [6, 6.07) is 3.11. The number of likely N-dealkylation sites (tertiary alicyclic amines) is 1. The molecule has 0 unspecified atom stereocenters. The first-order valence-corrected chi connectivity index (χ1v) is 14.1. The predicted molar refractivity (Wildman–Crippen MR) is 148 cm³/mol. The minimum absolute atomic E-state index is 0.0432. The summed E-state index contributed by atoms with van der Waals surface area (Å²) in [6.45, 7) is 6.00. The zero-order valence-corrected chi connectivity index (χ0v) is 24.0. The van der Waals surface area contributed by atoms with Gasteiger partial charge in [-0.25, -0.2) is 14.2 Å². The molecule has 3 atom stereocenters. The summed E-state index contributed by atoms with van der Waals surface area (Å²) in [7, 11) is 1.27. The molecule has 2 fully saturated rings. The van der Waals surface area contributed by atoms with Gasteiger partial charge in [0.25, 0.3) is 0 Å². The van der Waals surface area contributed by atoms with Gasteiger partial charge in [0.15, 0.2) is 10.8 Å². The van der Waals surface area contributed by atoms with Gasteiger partial charge in [-0.15, -0.1) is 11.3 Å². The number of rotatable bonds is 8. The molecule has 5 rings (SSSR count). The number of carbonyl (C=O) groups excluding carboxylic acids is 2. The molecule has 2 N–H and O–H groups in total. The van der Waals surface area contributed by atoms with Crippen molar-refractivity contribution in [1.29, 1.82) is 0 Å². The summed E-state index contributed by atoms with van der Waals surface area (Å²) in [5.41, 5.74) is 0.408. The second kappa shape index (κ2) is 11.3. The number of halogens is 1. The Morgan fingerprint density at radius 3 is 2.80 bits per heavy atom.